The second kappa shape index (κ2) is 5.38. The maximum Gasteiger partial charge on any atom is 0.0938 e. The summed E-state index contributed by atoms with van der Waals surface area (Å²) in [5, 5.41) is 7.68. The van der Waals surface area contributed by atoms with Crippen LogP contribution in [0.4, 0.5) is 0 Å². The molecule has 1 N–H and O–H groups in total. The Balaban J connectivity index is 1.88. The number of nitrogens with one attached hydrogen (secondary N) is 1. The molecule has 1 aromatic heterocycles. The quantitative estimate of drug-likeness (QED) is 0.917. The third-order valence-electron chi connectivity index (χ3n) is 4.18. The van der Waals surface area contributed by atoms with Gasteiger partial charge in [0.25, 0.3) is 0 Å². The van der Waals surface area contributed by atoms with E-state index < -0.39 is 0 Å². The van der Waals surface area contributed by atoms with Gasteiger partial charge in [-0.3, -0.25) is 0 Å². The van der Waals surface area contributed by atoms with Crippen LogP contribution in [0, 0.1) is 0 Å². The fourth-order valence-corrected chi connectivity index (χ4v) is 4.26. The van der Waals surface area contributed by atoms with Gasteiger partial charge < -0.3 is 5.32 Å². The molecule has 4 heteroatoms. The summed E-state index contributed by atoms with van der Waals surface area (Å²) in [5.41, 5.74) is 2.65. The van der Waals surface area contributed by atoms with E-state index in [-0.39, 0.29) is 10.8 Å². The molecule has 2 nitrogen and oxygen atoms in total. The summed E-state index contributed by atoms with van der Waals surface area (Å²) >= 11 is 8.19. The molecular formula is C17H21ClN2S. The highest BCUT2D eigenvalue weighted by molar-refractivity contribution is 7.09. The zero-order valence-electron chi connectivity index (χ0n) is 12.7. The first-order valence-corrected chi connectivity index (χ1v) is 8.57. The summed E-state index contributed by atoms with van der Waals surface area (Å²) in [6.07, 6.45) is 0.963. The second-order valence-corrected chi connectivity index (χ2v) is 8.27. The molecule has 1 aliphatic rings. The standard InChI is InChI=1S/C17H21ClN2S/c1-16(2,3)14-9-21-15(20-14)8-17(10-19-11-17)12-6-4-5-7-13(12)18/h4-7,9,19H,8,10-11H2,1-3H3. The number of hydrogen-bond acceptors (Lipinski definition) is 3. The molecular weight excluding hydrogens is 300 g/mol. The van der Waals surface area contributed by atoms with Crippen molar-refractivity contribution in [3.05, 3.63) is 50.9 Å². The molecule has 1 aliphatic heterocycles. The predicted octanol–water partition coefficient (Wildman–Crippen LogP) is 4.18. The van der Waals surface area contributed by atoms with E-state index >= 15 is 0 Å². The van der Waals surface area contributed by atoms with Crippen molar-refractivity contribution in [2.75, 3.05) is 13.1 Å². The number of nitrogens with zero attached hydrogens (tertiary/aromatic N) is 1. The molecule has 112 valence electrons. The number of halogens is 1. The zero-order valence-corrected chi connectivity index (χ0v) is 14.3. The van der Waals surface area contributed by atoms with E-state index in [1.165, 1.54) is 16.3 Å². The highest BCUT2D eigenvalue weighted by Crippen LogP contribution is 2.37. The second-order valence-electron chi connectivity index (χ2n) is 6.92. The molecule has 0 atom stereocenters. The summed E-state index contributed by atoms with van der Waals surface area (Å²) in [6.45, 7) is 8.57. The SMILES string of the molecule is CC(C)(C)c1csc(CC2(c3ccccc3Cl)CNC2)n1. The van der Waals surface area contributed by atoms with Crippen molar-refractivity contribution in [3.63, 3.8) is 0 Å². The van der Waals surface area contributed by atoms with Crippen molar-refractivity contribution in [2.24, 2.45) is 0 Å². The van der Waals surface area contributed by atoms with E-state index in [0.29, 0.717) is 0 Å². The molecule has 1 fully saturated rings. The molecule has 0 amide bonds. The maximum atomic E-state index is 6.42. The third kappa shape index (κ3) is 2.87. The summed E-state index contributed by atoms with van der Waals surface area (Å²) < 4.78 is 0. The Bertz CT molecular complexity index is 638. The lowest BCUT2D eigenvalue weighted by molar-refractivity contribution is 0.274. The number of rotatable bonds is 3. The highest BCUT2D eigenvalue weighted by atomic mass is 35.5. The lowest BCUT2D eigenvalue weighted by atomic mass is 9.73. The van der Waals surface area contributed by atoms with Gasteiger partial charge in [-0.1, -0.05) is 50.6 Å². The van der Waals surface area contributed by atoms with Gasteiger partial charge in [-0.25, -0.2) is 4.98 Å². The van der Waals surface area contributed by atoms with Crippen LogP contribution in [0.25, 0.3) is 0 Å². The predicted molar refractivity (Wildman–Crippen MR) is 90.5 cm³/mol. The van der Waals surface area contributed by atoms with E-state index in [2.05, 4.69) is 43.6 Å². The average molecular weight is 321 g/mol. The number of benzene rings is 1. The van der Waals surface area contributed by atoms with Gasteiger partial charge in [-0.2, -0.15) is 0 Å². The van der Waals surface area contributed by atoms with Crippen LogP contribution >= 0.6 is 22.9 Å². The minimum atomic E-state index is 0.103. The van der Waals surface area contributed by atoms with Gasteiger partial charge in [-0.05, 0) is 11.6 Å². The number of hydrogen-bond donors (Lipinski definition) is 1. The Morgan fingerprint density at radius 3 is 2.52 bits per heavy atom. The van der Waals surface area contributed by atoms with Gasteiger partial charge in [0.1, 0.15) is 0 Å². The Labute approximate surface area is 135 Å². The van der Waals surface area contributed by atoms with Crippen LogP contribution in [0.1, 0.15) is 37.0 Å². The summed E-state index contributed by atoms with van der Waals surface area (Å²) in [4.78, 5) is 4.85. The van der Waals surface area contributed by atoms with E-state index in [4.69, 9.17) is 16.6 Å². The largest absolute Gasteiger partial charge is 0.315 e. The molecule has 0 unspecified atom stereocenters. The molecule has 0 saturated carbocycles. The molecule has 21 heavy (non-hydrogen) atoms. The Hall–Kier alpha value is -0.900. The first-order valence-electron chi connectivity index (χ1n) is 7.31. The van der Waals surface area contributed by atoms with Crippen LogP contribution in [0.2, 0.25) is 5.02 Å². The van der Waals surface area contributed by atoms with E-state index in [1.807, 2.05) is 12.1 Å². The fourth-order valence-electron chi connectivity index (χ4n) is 2.75. The number of aromatic nitrogens is 1. The van der Waals surface area contributed by atoms with Crippen molar-refractivity contribution in [2.45, 2.75) is 38.0 Å². The molecule has 0 spiro atoms. The molecule has 3 rings (SSSR count). The van der Waals surface area contributed by atoms with Crippen LogP contribution < -0.4 is 5.32 Å². The summed E-state index contributed by atoms with van der Waals surface area (Å²) in [5.74, 6) is 0. The summed E-state index contributed by atoms with van der Waals surface area (Å²) in [7, 11) is 0. The van der Waals surface area contributed by atoms with Crippen molar-refractivity contribution >= 4 is 22.9 Å². The Morgan fingerprint density at radius 1 is 1.29 bits per heavy atom. The van der Waals surface area contributed by atoms with Crippen molar-refractivity contribution in [3.8, 4) is 0 Å². The number of thiazole rings is 1. The van der Waals surface area contributed by atoms with Crippen molar-refractivity contribution in [1.29, 1.82) is 0 Å². The smallest absolute Gasteiger partial charge is 0.0938 e. The molecule has 1 saturated heterocycles. The molecule has 0 aliphatic carbocycles. The van der Waals surface area contributed by atoms with Crippen molar-refractivity contribution < 1.29 is 0 Å². The molecule has 0 radical (unpaired) electrons. The molecule has 2 heterocycles. The van der Waals surface area contributed by atoms with Gasteiger partial charge in [0.05, 0.1) is 10.7 Å². The van der Waals surface area contributed by atoms with E-state index in [1.54, 1.807) is 11.3 Å². The maximum absolute atomic E-state index is 6.42. The lowest BCUT2D eigenvalue weighted by Crippen LogP contribution is -2.58. The molecule has 1 aromatic carbocycles. The van der Waals surface area contributed by atoms with Crippen molar-refractivity contribution in [1.82, 2.24) is 10.3 Å². The summed E-state index contributed by atoms with van der Waals surface area (Å²) in [6, 6.07) is 8.21. The highest BCUT2D eigenvalue weighted by Gasteiger charge is 2.41. The van der Waals surface area contributed by atoms with E-state index in [0.717, 1.165) is 24.5 Å². The van der Waals surface area contributed by atoms with Gasteiger partial charge in [0.2, 0.25) is 0 Å². The Kier molecular flexibility index (Phi) is 3.85. The van der Waals surface area contributed by atoms with Gasteiger partial charge in [-0.15, -0.1) is 11.3 Å². The minimum Gasteiger partial charge on any atom is -0.315 e. The first kappa shape index (κ1) is 15.0. The van der Waals surface area contributed by atoms with Crippen LogP contribution in [0.3, 0.4) is 0 Å². The fraction of sp³-hybridized carbons (Fsp3) is 0.471. The topological polar surface area (TPSA) is 24.9 Å². The van der Waals surface area contributed by atoms with Crippen LogP contribution in [-0.4, -0.2) is 18.1 Å². The third-order valence-corrected chi connectivity index (χ3v) is 5.36. The van der Waals surface area contributed by atoms with Crippen LogP contribution in [0.15, 0.2) is 29.6 Å². The van der Waals surface area contributed by atoms with Gasteiger partial charge >= 0.3 is 0 Å². The van der Waals surface area contributed by atoms with Crippen LogP contribution in [-0.2, 0) is 17.3 Å². The Morgan fingerprint density at radius 2 is 2.00 bits per heavy atom. The van der Waals surface area contributed by atoms with Gasteiger partial charge in [0, 0.05) is 40.7 Å². The molecule has 0 bridgehead atoms. The molecule has 2 aromatic rings. The first-order chi connectivity index (χ1) is 9.91. The van der Waals surface area contributed by atoms with E-state index in [9.17, 15) is 0 Å². The zero-order chi connectivity index (χ0) is 15.1. The monoisotopic (exact) mass is 320 g/mol. The van der Waals surface area contributed by atoms with Gasteiger partial charge in [0.15, 0.2) is 0 Å². The normalized spacial score (nSPS) is 17.5. The van der Waals surface area contributed by atoms with Crippen LogP contribution in [0.5, 0.6) is 0 Å². The minimum absolute atomic E-state index is 0.103. The lowest BCUT2D eigenvalue weighted by Gasteiger charge is -2.43. The average Bonchev–Trinajstić information content (AvgIpc) is 2.83.